The van der Waals surface area contributed by atoms with Crippen molar-refractivity contribution in [2.24, 2.45) is 5.92 Å². The second-order valence-corrected chi connectivity index (χ2v) is 9.42. The highest BCUT2D eigenvalue weighted by atomic mass is 15.5. The Morgan fingerprint density at radius 3 is 2.41 bits per heavy atom. The number of fused-ring (bicyclic) bond motifs is 5. The molecule has 3 heteroatoms. The summed E-state index contributed by atoms with van der Waals surface area (Å²) >= 11 is 0. The maximum Gasteiger partial charge on any atom is 0.158 e. The molecule has 3 nitrogen and oxygen atoms in total. The minimum Gasteiger partial charge on any atom is -0.317 e. The number of benzene rings is 3. The molecule has 3 unspecified atom stereocenters. The molecule has 4 aromatic rings. The van der Waals surface area contributed by atoms with E-state index in [4.69, 9.17) is 4.98 Å². The summed E-state index contributed by atoms with van der Waals surface area (Å²) in [6, 6.07) is 30.5. The molecule has 0 amide bonds. The Kier molecular flexibility index (Phi) is 4.99. The van der Waals surface area contributed by atoms with Crippen LogP contribution >= 0.6 is 0 Å². The number of nitrogens with zero attached hydrogens (tertiary/aromatic N) is 3. The van der Waals surface area contributed by atoms with Crippen LogP contribution in [0.3, 0.4) is 0 Å². The van der Waals surface area contributed by atoms with Crippen molar-refractivity contribution in [1.82, 2.24) is 4.98 Å². The lowest BCUT2D eigenvalue weighted by Gasteiger charge is -2.45. The van der Waals surface area contributed by atoms with Crippen molar-refractivity contribution >= 4 is 22.9 Å². The molecule has 0 radical (unpaired) electrons. The van der Waals surface area contributed by atoms with Crippen LogP contribution in [0, 0.1) is 12.8 Å². The topological polar surface area (TPSA) is 19.4 Å². The molecule has 0 saturated carbocycles. The number of aromatic nitrogens is 1. The molecule has 2 aliphatic rings. The van der Waals surface area contributed by atoms with Crippen LogP contribution < -0.4 is 9.80 Å². The van der Waals surface area contributed by atoms with Crippen molar-refractivity contribution in [2.75, 3.05) is 9.80 Å². The Bertz CT molecular complexity index is 1360. The number of anilines is 4. The van der Waals surface area contributed by atoms with E-state index in [0.29, 0.717) is 11.8 Å². The Morgan fingerprint density at radius 2 is 1.62 bits per heavy atom. The number of aryl methyl sites for hydroxylation is 1. The van der Waals surface area contributed by atoms with Crippen LogP contribution in [0.4, 0.5) is 22.9 Å². The summed E-state index contributed by atoms with van der Waals surface area (Å²) in [4.78, 5) is 10.1. The first-order valence-electron chi connectivity index (χ1n) is 12.1. The minimum absolute atomic E-state index is 0.150. The van der Waals surface area contributed by atoms with Crippen LogP contribution in [-0.4, -0.2) is 11.1 Å². The molecule has 3 heterocycles. The second kappa shape index (κ2) is 8.18. The first kappa shape index (κ1) is 20.7. The van der Waals surface area contributed by atoms with Crippen molar-refractivity contribution < 1.29 is 0 Å². The molecule has 0 bridgehead atoms. The smallest absolute Gasteiger partial charge is 0.158 e. The highest BCUT2D eigenvalue weighted by Gasteiger charge is 2.48. The van der Waals surface area contributed by atoms with Crippen LogP contribution in [0.5, 0.6) is 0 Å². The van der Waals surface area contributed by atoms with Gasteiger partial charge in [0, 0.05) is 29.1 Å². The molecule has 34 heavy (non-hydrogen) atoms. The van der Waals surface area contributed by atoms with E-state index in [0.717, 1.165) is 23.5 Å². The first-order valence-corrected chi connectivity index (χ1v) is 12.1. The van der Waals surface area contributed by atoms with Gasteiger partial charge in [0.1, 0.15) is 6.17 Å². The maximum absolute atomic E-state index is 5.11. The number of hydrogen-bond donors (Lipinski definition) is 0. The van der Waals surface area contributed by atoms with Crippen LogP contribution in [0.2, 0.25) is 0 Å². The average Bonchev–Trinajstić information content (AvgIpc) is 3.22. The second-order valence-electron chi connectivity index (χ2n) is 9.42. The zero-order valence-corrected chi connectivity index (χ0v) is 19.7. The van der Waals surface area contributed by atoms with E-state index >= 15 is 0 Å². The Hall–Kier alpha value is -3.85. The maximum atomic E-state index is 5.11. The zero-order chi connectivity index (χ0) is 23.2. The molecule has 0 aliphatic carbocycles. The van der Waals surface area contributed by atoms with Crippen LogP contribution in [-0.2, 0) is 0 Å². The third kappa shape index (κ3) is 3.07. The molecule has 3 atom stereocenters. The molecule has 0 saturated heterocycles. The van der Waals surface area contributed by atoms with E-state index in [1.54, 1.807) is 0 Å². The van der Waals surface area contributed by atoms with Gasteiger partial charge in [-0.3, -0.25) is 0 Å². The average molecular weight is 444 g/mol. The van der Waals surface area contributed by atoms with Gasteiger partial charge in [-0.1, -0.05) is 73.7 Å². The van der Waals surface area contributed by atoms with E-state index in [9.17, 15) is 0 Å². The van der Waals surface area contributed by atoms with E-state index in [2.05, 4.69) is 121 Å². The van der Waals surface area contributed by atoms with Crippen LogP contribution in [0.25, 0.3) is 11.1 Å². The molecular formula is C31H29N3. The van der Waals surface area contributed by atoms with E-state index in [-0.39, 0.29) is 6.17 Å². The van der Waals surface area contributed by atoms with E-state index in [1.807, 2.05) is 6.20 Å². The van der Waals surface area contributed by atoms with Crippen molar-refractivity contribution in [3.63, 3.8) is 0 Å². The summed E-state index contributed by atoms with van der Waals surface area (Å²) in [6.45, 7) is 8.62. The monoisotopic (exact) mass is 443 g/mol. The van der Waals surface area contributed by atoms with Gasteiger partial charge in [0.2, 0.25) is 0 Å². The third-order valence-corrected chi connectivity index (χ3v) is 7.48. The lowest BCUT2D eigenvalue weighted by Crippen LogP contribution is -2.48. The molecular weight excluding hydrogens is 414 g/mol. The summed E-state index contributed by atoms with van der Waals surface area (Å²) < 4.78 is 0. The van der Waals surface area contributed by atoms with Gasteiger partial charge in [-0.05, 0) is 60.2 Å². The lowest BCUT2D eigenvalue weighted by atomic mass is 9.78. The molecule has 1 aromatic heterocycles. The Labute approximate surface area is 202 Å². The largest absolute Gasteiger partial charge is 0.317 e. The molecule has 0 spiro atoms. The quantitative estimate of drug-likeness (QED) is 0.298. The van der Waals surface area contributed by atoms with E-state index in [1.165, 1.54) is 28.1 Å². The number of para-hydroxylation sites is 2. The Balaban J connectivity index is 1.59. The summed E-state index contributed by atoms with van der Waals surface area (Å²) in [5, 5.41) is 0. The third-order valence-electron chi connectivity index (χ3n) is 7.48. The van der Waals surface area contributed by atoms with Gasteiger partial charge in [-0.25, -0.2) is 4.98 Å². The normalized spacial score (nSPS) is 20.5. The highest BCUT2D eigenvalue weighted by Crippen LogP contribution is 2.56. The number of hydrogen-bond acceptors (Lipinski definition) is 3. The van der Waals surface area contributed by atoms with Crippen molar-refractivity contribution in [3.05, 3.63) is 115 Å². The van der Waals surface area contributed by atoms with Gasteiger partial charge in [0.15, 0.2) is 5.82 Å². The molecule has 0 fully saturated rings. The first-order chi connectivity index (χ1) is 16.7. The molecule has 3 aromatic carbocycles. The standard InChI is InChI=1S/C31H29N3/c1-4-12-26-22(3)31-33(24-14-6-5-7-15-24)29-19-23(25-16-9-8-13-21(25)2)20-32-30(29)34(31)28-18-11-10-17-27(26)28/h4-11,13-20,22,26,31H,1,12H2,2-3H3. The highest BCUT2D eigenvalue weighted by molar-refractivity contribution is 5.90. The van der Waals surface area contributed by atoms with Gasteiger partial charge < -0.3 is 9.80 Å². The zero-order valence-electron chi connectivity index (χ0n) is 19.7. The summed E-state index contributed by atoms with van der Waals surface area (Å²) in [7, 11) is 0. The van der Waals surface area contributed by atoms with Crippen molar-refractivity contribution in [1.29, 1.82) is 0 Å². The summed E-state index contributed by atoms with van der Waals surface area (Å²) in [5.41, 5.74) is 8.65. The summed E-state index contributed by atoms with van der Waals surface area (Å²) in [5.74, 6) is 1.82. The molecule has 6 rings (SSSR count). The van der Waals surface area contributed by atoms with Gasteiger partial charge in [-0.15, -0.1) is 6.58 Å². The van der Waals surface area contributed by atoms with Crippen LogP contribution in [0.15, 0.2) is 104 Å². The predicted octanol–water partition coefficient (Wildman–Crippen LogP) is 7.98. The van der Waals surface area contributed by atoms with Crippen molar-refractivity contribution in [2.45, 2.75) is 32.4 Å². The van der Waals surface area contributed by atoms with Gasteiger partial charge >= 0.3 is 0 Å². The fourth-order valence-corrected chi connectivity index (χ4v) is 5.88. The SMILES string of the molecule is C=CCC1c2ccccc2N2c3ncc(-c4ccccc4C)cc3N(c3ccccc3)C2C1C. The lowest BCUT2D eigenvalue weighted by molar-refractivity contribution is 0.369. The molecule has 0 N–H and O–H groups in total. The van der Waals surface area contributed by atoms with E-state index < -0.39 is 0 Å². The number of pyridine rings is 1. The molecule has 2 aliphatic heterocycles. The predicted molar refractivity (Wildman–Crippen MR) is 142 cm³/mol. The van der Waals surface area contributed by atoms with Crippen molar-refractivity contribution in [3.8, 4) is 11.1 Å². The fourth-order valence-electron chi connectivity index (χ4n) is 5.88. The van der Waals surface area contributed by atoms with Crippen LogP contribution in [0.1, 0.15) is 30.4 Å². The number of rotatable bonds is 4. The van der Waals surface area contributed by atoms with Gasteiger partial charge in [-0.2, -0.15) is 0 Å². The minimum atomic E-state index is 0.150. The fraction of sp³-hybridized carbons (Fsp3) is 0.194. The summed E-state index contributed by atoms with van der Waals surface area (Å²) in [6.07, 6.45) is 5.22. The van der Waals surface area contributed by atoms with Gasteiger partial charge in [0.25, 0.3) is 0 Å². The molecule has 168 valence electrons. The number of allylic oxidation sites excluding steroid dienone is 1. The Morgan fingerprint density at radius 1 is 0.882 bits per heavy atom. The van der Waals surface area contributed by atoms with Gasteiger partial charge in [0.05, 0.1) is 5.69 Å².